The molecule has 0 atom stereocenters. The van der Waals surface area contributed by atoms with Gasteiger partial charge >= 0.3 is 0 Å². The van der Waals surface area contributed by atoms with Crippen molar-refractivity contribution >= 4 is 17.4 Å². The average Bonchev–Trinajstić information content (AvgIpc) is 2.93. The molecule has 1 amide bonds. The van der Waals surface area contributed by atoms with Crippen LogP contribution in [0.4, 0.5) is 5.69 Å². The number of hydrogen-bond acceptors (Lipinski definition) is 3. The Morgan fingerprint density at radius 1 is 0.846 bits per heavy atom. The highest BCUT2D eigenvalue weighted by atomic mass is 16.5. The van der Waals surface area contributed by atoms with Crippen molar-refractivity contribution in [2.24, 2.45) is 0 Å². The number of para-hydroxylation sites is 1. The molecule has 126 valence electrons. The van der Waals surface area contributed by atoms with Gasteiger partial charge in [0.1, 0.15) is 12.4 Å². The number of fused-ring (bicyclic) bond motifs is 5. The molecule has 0 N–H and O–H groups in total. The van der Waals surface area contributed by atoms with E-state index in [1.54, 1.807) is 4.90 Å². The topological polar surface area (TPSA) is 46.6 Å². The summed E-state index contributed by atoms with van der Waals surface area (Å²) in [6.45, 7) is 0.683. The monoisotopic (exact) mass is 341 g/mol. The maximum absolute atomic E-state index is 12.7. The number of anilines is 1. The fraction of sp³-hybridized carbons (Fsp3) is 0.0909. The third kappa shape index (κ3) is 2.09. The highest BCUT2D eigenvalue weighted by Crippen LogP contribution is 2.43. The number of Topliss-reactive ketones (excluding diaryl/α,β-unsaturated/α-hetero) is 1. The summed E-state index contributed by atoms with van der Waals surface area (Å²) in [5.41, 5.74) is 4.87. The first kappa shape index (κ1) is 14.9. The van der Waals surface area contributed by atoms with E-state index in [0.29, 0.717) is 24.4 Å². The number of ketones is 1. The molecule has 2 aliphatic heterocycles. The summed E-state index contributed by atoms with van der Waals surface area (Å²) in [7, 11) is 0. The Hall–Kier alpha value is -3.40. The lowest BCUT2D eigenvalue weighted by Gasteiger charge is -2.23. The molecule has 3 aromatic carbocycles. The van der Waals surface area contributed by atoms with Crippen LogP contribution in [0.1, 0.15) is 21.5 Å². The Morgan fingerprint density at radius 3 is 2.46 bits per heavy atom. The molecule has 0 fully saturated rings. The first-order valence-electron chi connectivity index (χ1n) is 8.52. The van der Waals surface area contributed by atoms with Crippen molar-refractivity contribution in [1.82, 2.24) is 0 Å². The van der Waals surface area contributed by atoms with Crippen LogP contribution in [0.25, 0.3) is 11.1 Å². The third-order valence-corrected chi connectivity index (χ3v) is 4.98. The molecule has 0 saturated heterocycles. The molecule has 3 aromatic rings. The van der Waals surface area contributed by atoms with E-state index in [4.69, 9.17) is 4.74 Å². The summed E-state index contributed by atoms with van der Waals surface area (Å²) in [6, 6.07) is 21.3. The van der Waals surface area contributed by atoms with E-state index < -0.39 is 11.7 Å². The molecule has 26 heavy (non-hydrogen) atoms. The van der Waals surface area contributed by atoms with Crippen LogP contribution in [0.3, 0.4) is 0 Å². The van der Waals surface area contributed by atoms with Crippen molar-refractivity contribution < 1.29 is 14.3 Å². The van der Waals surface area contributed by atoms with Crippen LogP contribution in [0.5, 0.6) is 5.75 Å². The molecule has 4 nitrogen and oxygen atoms in total. The normalized spacial score (nSPS) is 14.5. The van der Waals surface area contributed by atoms with Crippen molar-refractivity contribution in [3.63, 3.8) is 0 Å². The molecule has 4 heteroatoms. The van der Waals surface area contributed by atoms with Crippen molar-refractivity contribution in [2.45, 2.75) is 13.2 Å². The lowest BCUT2D eigenvalue weighted by Crippen LogP contribution is -2.29. The highest BCUT2D eigenvalue weighted by molar-refractivity contribution is 6.52. The lowest BCUT2D eigenvalue weighted by molar-refractivity contribution is -0.114. The predicted octanol–water partition coefficient (Wildman–Crippen LogP) is 3.98. The third-order valence-electron chi connectivity index (χ3n) is 4.98. The second-order valence-electron chi connectivity index (χ2n) is 6.48. The summed E-state index contributed by atoms with van der Waals surface area (Å²) in [6.07, 6.45) is 0. The molecule has 0 saturated carbocycles. The zero-order valence-corrected chi connectivity index (χ0v) is 13.9. The lowest BCUT2D eigenvalue weighted by atomic mass is 9.91. The Morgan fingerprint density at radius 2 is 1.62 bits per heavy atom. The summed E-state index contributed by atoms with van der Waals surface area (Å²) >= 11 is 0. The van der Waals surface area contributed by atoms with Gasteiger partial charge < -0.3 is 9.64 Å². The fourth-order valence-corrected chi connectivity index (χ4v) is 3.74. The molecule has 2 heterocycles. The van der Waals surface area contributed by atoms with Gasteiger partial charge in [0.2, 0.25) is 0 Å². The van der Waals surface area contributed by atoms with Crippen molar-refractivity contribution in [3.05, 3.63) is 83.4 Å². The van der Waals surface area contributed by atoms with Crippen molar-refractivity contribution in [1.29, 1.82) is 0 Å². The minimum atomic E-state index is -0.476. The van der Waals surface area contributed by atoms with Gasteiger partial charge in [-0.05, 0) is 23.3 Å². The number of benzene rings is 3. The minimum absolute atomic E-state index is 0.299. The zero-order valence-electron chi connectivity index (χ0n) is 13.9. The molecule has 0 spiro atoms. The van der Waals surface area contributed by atoms with Crippen molar-refractivity contribution in [2.75, 3.05) is 4.90 Å². The standard InChI is InChI=1S/C22H15NO3/c24-21-20-17-13-26-19-9-5-4-8-16(19)15(17)10-11-18(20)23(22(21)25)12-14-6-2-1-3-7-14/h1-11H,12-13H2. The number of amides is 1. The van der Waals surface area contributed by atoms with Gasteiger partial charge in [0.25, 0.3) is 11.7 Å². The number of carbonyl (C=O) groups is 2. The van der Waals surface area contributed by atoms with Crippen LogP contribution >= 0.6 is 0 Å². The number of ether oxygens (including phenoxy) is 1. The van der Waals surface area contributed by atoms with E-state index in [-0.39, 0.29) is 0 Å². The highest BCUT2D eigenvalue weighted by Gasteiger charge is 2.39. The van der Waals surface area contributed by atoms with Crippen LogP contribution in [0, 0.1) is 0 Å². The SMILES string of the molecule is O=C1C(=O)N(Cc2ccccc2)c2ccc3c(c21)COc1ccccc1-3. The maximum Gasteiger partial charge on any atom is 0.299 e. The molecule has 2 aliphatic rings. The first-order valence-corrected chi connectivity index (χ1v) is 8.52. The van der Waals surface area contributed by atoms with Gasteiger partial charge in [0.05, 0.1) is 17.8 Å². The average molecular weight is 341 g/mol. The van der Waals surface area contributed by atoms with Gasteiger partial charge in [0.15, 0.2) is 0 Å². The van der Waals surface area contributed by atoms with Gasteiger partial charge in [-0.3, -0.25) is 9.59 Å². The quantitative estimate of drug-likeness (QED) is 0.663. The Labute approximate surface area is 150 Å². The van der Waals surface area contributed by atoms with E-state index in [0.717, 1.165) is 28.0 Å². The molecule has 0 bridgehead atoms. The van der Waals surface area contributed by atoms with Crippen LogP contribution in [-0.2, 0) is 17.9 Å². The van der Waals surface area contributed by atoms with Crippen molar-refractivity contribution in [3.8, 4) is 16.9 Å². The molecular formula is C22H15NO3. The number of rotatable bonds is 2. The maximum atomic E-state index is 12.7. The Balaban J connectivity index is 1.64. The second-order valence-corrected chi connectivity index (χ2v) is 6.48. The largest absolute Gasteiger partial charge is 0.488 e. The van der Waals surface area contributed by atoms with Crippen LogP contribution in [0.2, 0.25) is 0 Å². The summed E-state index contributed by atoms with van der Waals surface area (Å²) in [5.74, 6) is -0.121. The smallest absolute Gasteiger partial charge is 0.299 e. The second kappa shape index (κ2) is 5.56. The van der Waals surface area contributed by atoms with Crippen LogP contribution < -0.4 is 9.64 Å². The summed E-state index contributed by atoms with van der Waals surface area (Å²) < 4.78 is 5.83. The molecule has 0 aromatic heterocycles. The van der Waals surface area contributed by atoms with E-state index in [2.05, 4.69) is 0 Å². The fourth-order valence-electron chi connectivity index (χ4n) is 3.74. The van der Waals surface area contributed by atoms with Gasteiger partial charge in [-0.2, -0.15) is 0 Å². The van der Waals surface area contributed by atoms with E-state index in [9.17, 15) is 9.59 Å². The molecule has 0 aliphatic carbocycles. The molecule has 0 radical (unpaired) electrons. The first-order chi connectivity index (χ1) is 12.7. The minimum Gasteiger partial charge on any atom is -0.488 e. The summed E-state index contributed by atoms with van der Waals surface area (Å²) in [5, 5.41) is 0. The number of nitrogens with zero attached hydrogens (tertiary/aromatic N) is 1. The Bertz CT molecular complexity index is 1060. The molecular weight excluding hydrogens is 326 g/mol. The number of hydrogen-bond donors (Lipinski definition) is 0. The van der Waals surface area contributed by atoms with E-state index >= 15 is 0 Å². The van der Waals surface area contributed by atoms with E-state index in [1.165, 1.54) is 0 Å². The predicted molar refractivity (Wildman–Crippen MR) is 98.2 cm³/mol. The molecule has 5 rings (SSSR count). The van der Waals surface area contributed by atoms with Gasteiger partial charge in [-0.25, -0.2) is 0 Å². The van der Waals surface area contributed by atoms with Gasteiger partial charge in [-0.15, -0.1) is 0 Å². The number of carbonyl (C=O) groups excluding carboxylic acids is 2. The van der Waals surface area contributed by atoms with Crippen LogP contribution in [-0.4, -0.2) is 11.7 Å². The van der Waals surface area contributed by atoms with Crippen LogP contribution in [0.15, 0.2) is 66.7 Å². The van der Waals surface area contributed by atoms with E-state index in [1.807, 2.05) is 66.7 Å². The molecule has 0 unspecified atom stereocenters. The summed E-state index contributed by atoms with van der Waals surface area (Å²) in [4.78, 5) is 26.9. The zero-order chi connectivity index (χ0) is 17.7. The van der Waals surface area contributed by atoms with Gasteiger partial charge in [0, 0.05) is 11.1 Å². The van der Waals surface area contributed by atoms with Gasteiger partial charge in [-0.1, -0.05) is 54.6 Å². The Kier molecular flexibility index (Phi) is 3.19.